The van der Waals surface area contributed by atoms with Gasteiger partial charge in [-0.3, -0.25) is 9.12 Å². The van der Waals surface area contributed by atoms with Crippen LogP contribution in [0.5, 0.6) is 5.75 Å². The summed E-state index contributed by atoms with van der Waals surface area (Å²) >= 11 is 0. The highest BCUT2D eigenvalue weighted by molar-refractivity contribution is 7.93. The molecule has 0 aromatic carbocycles. The Morgan fingerprint density at radius 2 is 1.80 bits per heavy atom. The third kappa shape index (κ3) is 3.47. The largest absolute Gasteiger partial charge is 0.493 e. The number of anilines is 1. The van der Waals surface area contributed by atoms with Gasteiger partial charge in [-0.1, -0.05) is 6.92 Å². The maximum atomic E-state index is 12.3. The van der Waals surface area contributed by atoms with E-state index >= 15 is 0 Å². The van der Waals surface area contributed by atoms with Gasteiger partial charge in [0.15, 0.2) is 5.65 Å². The van der Waals surface area contributed by atoms with Gasteiger partial charge in [-0.05, 0) is 75.5 Å². The van der Waals surface area contributed by atoms with Gasteiger partial charge in [0, 0.05) is 23.2 Å². The fourth-order valence-corrected chi connectivity index (χ4v) is 6.19. The molecule has 0 radical (unpaired) electrons. The maximum absolute atomic E-state index is 12.3. The van der Waals surface area contributed by atoms with Crippen LogP contribution in [0, 0.1) is 10.8 Å². The summed E-state index contributed by atoms with van der Waals surface area (Å²) in [4.78, 5) is 0. The van der Waals surface area contributed by atoms with Crippen molar-refractivity contribution in [3.8, 4) is 5.75 Å². The van der Waals surface area contributed by atoms with Crippen LogP contribution in [-0.4, -0.2) is 34.9 Å². The van der Waals surface area contributed by atoms with Crippen LogP contribution in [0.4, 0.5) is 5.95 Å². The highest BCUT2D eigenvalue weighted by atomic mass is 32.2. The second-order valence-corrected chi connectivity index (χ2v) is 12.5. The van der Waals surface area contributed by atoms with Gasteiger partial charge in [0.25, 0.3) is 0 Å². The van der Waals surface area contributed by atoms with Crippen molar-refractivity contribution in [2.45, 2.75) is 82.3 Å². The number of ether oxygens (including phenoxy) is 1. The molecule has 4 saturated carbocycles. The number of rotatable bonds is 7. The normalized spacial score (nSPS) is 24.8. The van der Waals surface area contributed by atoms with E-state index in [4.69, 9.17) is 4.74 Å². The van der Waals surface area contributed by atoms with Crippen LogP contribution >= 0.6 is 0 Å². The van der Waals surface area contributed by atoms with Crippen molar-refractivity contribution >= 4 is 21.6 Å². The number of fused-ring (bicyclic) bond motifs is 1. The molecule has 1 N–H and O–H groups in total. The van der Waals surface area contributed by atoms with Crippen molar-refractivity contribution in [1.29, 1.82) is 0 Å². The molecule has 1 spiro atoms. The van der Waals surface area contributed by atoms with Crippen molar-refractivity contribution < 1.29 is 13.2 Å². The minimum absolute atomic E-state index is 0.236. The van der Waals surface area contributed by atoms with Crippen molar-refractivity contribution in [1.82, 2.24) is 14.6 Å². The molecule has 8 heteroatoms. The molecule has 7 nitrogen and oxygen atoms in total. The summed E-state index contributed by atoms with van der Waals surface area (Å²) in [5, 5.41) is 8.03. The van der Waals surface area contributed by atoms with Gasteiger partial charge in [0.1, 0.15) is 5.75 Å². The predicted octanol–water partition coefficient (Wildman–Crippen LogP) is 4.25. The molecule has 30 heavy (non-hydrogen) atoms. The molecule has 0 bridgehead atoms. The molecule has 0 aliphatic heterocycles. The first-order valence-corrected chi connectivity index (χ1v) is 12.9. The first-order chi connectivity index (χ1) is 14.3. The van der Waals surface area contributed by atoms with E-state index in [9.17, 15) is 8.42 Å². The molecule has 0 amide bonds. The van der Waals surface area contributed by atoms with Gasteiger partial charge in [0.05, 0.1) is 11.9 Å². The summed E-state index contributed by atoms with van der Waals surface area (Å²) in [5.74, 6) is 1.65. The fraction of sp³-hybridized carbons (Fsp3) is 0.727. The van der Waals surface area contributed by atoms with Crippen LogP contribution < -0.4 is 9.46 Å². The summed E-state index contributed by atoms with van der Waals surface area (Å²) in [7, 11) is -3.37. The van der Waals surface area contributed by atoms with E-state index in [0.29, 0.717) is 17.0 Å². The van der Waals surface area contributed by atoms with Gasteiger partial charge in [-0.15, -0.1) is 10.2 Å². The lowest BCUT2D eigenvalue weighted by Gasteiger charge is -2.37. The zero-order valence-electron chi connectivity index (χ0n) is 17.6. The number of nitrogens with one attached hydrogen (secondary N) is 1. The second kappa shape index (κ2) is 6.34. The standard InChI is InChI=1S/C22H30N4O3S/c1-21(6-8-22(9-7-21)10-11-22)14-29-18-12-19-23-24-20(25-30(27,28)16-4-5-16)26(19)13-17(18)15-2-3-15/h12-13,15-16H,2-11,14H2,1H3,(H,24,25). The zero-order valence-corrected chi connectivity index (χ0v) is 18.4. The Kier molecular flexibility index (Phi) is 4.00. The van der Waals surface area contributed by atoms with E-state index in [1.807, 2.05) is 12.3 Å². The highest BCUT2D eigenvalue weighted by Crippen LogP contribution is 2.59. The van der Waals surface area contributed by atoms with Crippen LogP contribution in [0.2, 0.25) is 0 Å². The topological polar surface area (TPSA) is 85.6 Å². The lowest BCUT2D eigenvalue weighted by atomic mass is 9.71. The number of pyridine rings is 1. The molecule has 6 rings (SSSR count). The van der Waals surface area contributed by atoms with Crippen LogP contribution in [0.15, 0.2) is 12.3 Å². The van der Waals surface area contributed by atoms with E-state index in [-0.39, 0.29) is 16.6 Å². The van der Waals surface area contributed by atoms with E-state index in [2.05, 4.69) is 21.8 Å². The van der Waals surface area contributed by atoms with Gasteiger partial charge in [0.2, 0.25) is 16.0 Å². The Hall–Kier alpha value is -1.83. The molecule has 4 fully saturated rings. The quantitative estimate of drug-likeness (QED) is 0.710. The number of hydrogen-bond acceptors (Lipinski definition) is 5. The fourth-order valence-electron chi connectivity index (χ4n) is 4.87. The SMILES string of the molecule is CC1(COc2cc3nnc(NS(=O)(=O)C4CC4)n3cc2C2CC2)CCC2(CC1)CC2. The van der Waals surface area contributed by atoms with Crippen molar-refractivity contribution in [3.05, 3.63) is 17.8 Å². The number of sulfonamides is 1. The smallest absolute Gasteiger partial charge is 0.242 e. The summed E-state index contributed by atoms with van der Waals surface area (Å²) in [6.07, 6.45) is 13.7. The molecule has 0 saturated heterocycles. The molecular formula is C22H30N4O3S. The van der Waals surface area contributed by atoms with E-state index in [0.717, 1.165) is 43.6 Å². The second-order valence-electron chi connectivity index (χ2n) is 10.6. The highest BCUT2D eigenvalue weighted by Gasteiger charge is 2.48. The summed E-state index contributed by atoms with van der Waals surface area (Å²) < 4.78 is 35.5. The van der Waals surface area contributed by atoms with E-state index in [1.165, 1.54) is 38.5 Å². The molecule has 162 valence electrons. The third-order valence-electron chi connectivity index (χ3n) is 7.80. The average molecular weight is 431 g/mol. The van der Waals surface area contributed by atoms with Crippen LogP contribution in [0.25, 0.3) is 5.65 Å². The van der Waals surface area contributed by atoms with E-state index in [1.54, 1.807) is 4.40 Å². The Labute approximate surface area is 177 Å². The summed E-state index contributed by atoms with van der Waals surface area (Å²) in [5.41, 5.74) is 2.68. The molecule has 0 atom stereocenters. The number of nitrogens with zero attached hydrogens (tertiary/aromatic N) is 3. The Morgan fingerprint density at radius 1 is 1.10 bits per heavy atom. The Bertz CT molecular complexity index is 1090. The van der Waals surface area contributed by atoms with E-state index < -0.39 is 10.0 Å². The third-order valence-corrected chi connectivity index (χ3v) is 9.62. The van der Waals surface area contributed by atoms with Gasteiger partial charge in [-0.2, -0.15) is 0 Å². The molecule has 2 aromatic rings. The first-order valence-electron chi connectivity index (χ1n) is 11.4. The molecule has 0 unspecified atom stereocenters. The van der Waals surface area contributed by atoms with Gasteiger partial charge in [-0.25, -0.2) is 8.42 Å². The predicted molar refractivity (Wildman–Crippen MR) is 114 cm³/mol. The number of hydrogen-bond donors (Lipinski definition) is 1. The maximum Gasteiger partial charge on any atom is 0.242 e. The van der Waals surface area contributed by atoms with Crippen molar-refractivity contribution in [2.24, 2.45) is 10.8 Å². The average Bonchev–Trinajstić information content (AvgIpc) is 3.60. The number of aromatic nitrogens is 3. The van der Waals surface area contributed by atoms with Crippen LogP contribution in [0.1, 0.15) is 82.6 Å². The Balaban J connectivity index is 1.24. The first kappa shape index (κ1) is 18.9. The van der Waals surface area contributed by atoms with Gasteiger partial charge >= 0.3 is 0 Å². The summed E-state index contributed by atoms with van der Waals surface area (Å²) in [6, 6.07) is 1.93. The van der Waals surface area contributed by atoms with Crippen molar-refractivity contribution in [3.63, 3.8) is 0 Å². The summed E-state index contributed by atoms with van der Waals surface area (Å²) in [6.45, 7) is 3.09. The molecule has 4 aliphatic rings. The molecule has 2 heterocycles. The lowest BCUT2D eigenvalue weighted by Crippen LogP contribution is -2.31. The van der Waals surface area contributed by atoms with Gasteiger partial charge < -0.3 is 4.74 Å². The molecule has 2 aromatic heterocycles. The molecule has 4 aliphatic carbocycles. The minimum atomic E-state index is -3.37. The van der Waals surface area contributed by atoms with Crippen molar-refractivity contribution in [2.75, 3.05) is 11.3 Å². The monoisotopic (exact) mass is 430 g/mol. The Morgan fingerprint density at radius 3 is 2.43 bits per heavy atom. The zero-order chi connectivity index (χ0) is 20.6. The minimum Gasteiger partial charge on any atom is -0.493 e. The lowest BCUT2D eigenvalue weighted by molar-refractivity contribution is 0.0872. The van der Waals surface area contributed by atoms with Crippen LogP contribution in [0.3, 0.4) is 0 Å². The molecular weight excluding hydrogens is 400 g/mol. The van der Waals surface area contributed by atoms with Crippen LogP contribution in [-0.2, 0) is 10.0 Å².